The first-order chi connectivity index (χ1) is 14.1. The lowest BCUT2D eigenvalue weighted by Gasteiger charge is -2.32. The number of nitrogens with one attached hydrogen (secondary N) is 1. The van der Waals surface area contributed by atoms with E-state index in [1.54, 1.807) is 18.0 Å². The van der Waals surface area contributed by atoms with Gasteiger partial charge in [-0.2, -0.15) is 0 Å². The van der Waals surface area contributed by atoms with E-state index < -0.39 is 0 Å². The van der Waals surface area contributed by atoms with Crippen LogP contribution in [0.4, 0.5) is 10.9 Å². The van der Waals surface area contributed by atoms with Gasteiger partial charge in [0, 0.05) is 25.5 Å². The molecule has 4 heterocycles. The van der Waals surface area contributed by atoms with Crippen LogP contribution in [0.1, 0.15) is 25.6 Å². The van der Waals surface area contributed by atoms with Crippen molar-refractivity contribution in [3.05, 3.63) is 30.4 Å². The molecule has 1 saturated heterocycles. The summed E-state index contributed by atoms with van der Waals surface area (Å²) in [4.78, 5) is 19.0. The molecule has 1 aliphatic heterocycles. The summed E-state index contributed by atoms with van der Waals surface area (Å²) < 4.78 is 2.76. The first kappa shape index (κ1) is 19.8. The first-order valence-electron chi connectivity index (χ1n) is 9.50. The minimum absolute atomic E-state index is 0.0162. The number of nitrogens with zero attached hydrogens (tertiary/aromatic N) is 7. The number of piperidine rings is 1. The highest BCUT2D eigenvalue weighted by Crippen LogP contribution is 2.27. The van der Waals surface area contributed by atoms with Gasteiger partial charge in [0.25, 0.3) is 0 Å². The molecule has 9 nitrogen and oxygen atoms in total. The van der Waals surface area contributed by atoms with E-state index in [-0.39, 0.29) is 11.8 Å². The molecule has 0 bridgehead atoms. The Hall–Kier alpha value is -2.53. The third-order valence-corrected chi connectivity index (χ3v) is 6.58. The SMILES string of the molecule is CCSc1nnc(NC(=O)C2CCCN(c3ccc(-n4ccnc4C)nn3)C2)s1. The minimum atomic E-state index is -0.118. The van der Waals surface area contributed by atoms with Gasteiger partial charge in [-0.1, -0.05) is 30.0 Å². The Morgan fingerprint density at radius 1 is 1.28 bits per heavy atom. The molecule has 1 atom stereocenters. The van der Waals surface area contributed by atoms with E-state index in [4.69, 9.17) is 0 Å². The molecule has 1 N–H and O–H groups in total. The van der Waals surface area contributed by atoms with Crippen molar-refractivity contribution in [1.82, 2.24) is 29.9 Å². The van der Waals surface area contributed by atoms with E-state index >= 15 is 0 Å². The number of hydrogen-bond acceptors (Lipinski definition) is 9. The zero-order valence-electron chi connectivity index (χ0n) is 16.3. The summed E-state index contributed by atoms with van der Waals surface area (Å²) in [7, 11) is 0. The predicted octanol–water partition coefficient (Wildman–Crippen LogP) is 2.79. The maximum Gasteiger partial charge on any atom is 0.231 e. The molecule has 11 heteroatoms. The average molecular weight is 431 g/mol. The van der Waals surface area contributed by atoms with E-state index in [0.717, 1.165) is 46.9 Å². The summed E-state index contributed by atoms with van der Waals surface area (Å²) >= 11 is 3.04. The van der Waals surface area contributed by atoms with Gasteiger partial charge < -0.3 is 10.2 Å². The Morgan fingerprint density at radius 3 is 2.83 bits per heavy atom. The van der Waals surface area contributed by atoms with Crippen LogP contribution >= 0.6 is 23.1 Å². The van der Waals surface area contributed by atoms with Gasteiger partial charge >= 0.3 is 0 Å². The van der Waals surface area contributed by atoms with Crippen LogP contribution in [0.5, 0.6) is 0 Å². The van der Waals surface area contributed by atoms with E-state index in [2.05, 4.69) is 42.5 Å². The number of rotatable bonds is 6. The topological polar surface area (TPSA) is 102 Å². The maximum atomic E-state index is 12.7. The van der Waals surface area contributed by atoms with Gasteiger partial charge in [0.1, 0.15) is 5.82 Å². The van der Waals surface area contributed by atoms with E-state index in [1.807, 2.05) is 29.8 Å². The van der Waals surface area contributed by atoms with Crippen LogP contribution in [0.25, 0.3) is 5.82 Å². The number of imidazole rings is 1. The molecule has 3 aromatic heterocycles. The van der Waals surface area contributed by atoms with Crippen molar-refractivity contribution in [1.29, 1.82) is 0 Å². The van der Waals surface area contributed by atoms with Crippen molar-refractivity contribution in [3.63, 3.8) is 0 Å². The lowest BCUT2D eigenvalue weighted by Crippen LogP contribution is -2.41. The summed E-state index contributed by atoms with van der Waals surface area (Å²) in [6, 6.07) is 3.87. The van der Waals surface area contributed by atoms with Crippen LogP contribution in [-0.4, -0.2) is 54.7 Å². The van der Waals surface area contributed by atoms with Crippen LogP contribution < -0.4 is 10.2 Å². The molecule has 4 rings (SSSR count). The Bertz CT molecular complexity index is 970. The Balaban J connectivity index is 1.39. The van der Waals surface area contributed by atoms with Crippen LogP contribution in [-0.2, 0) is 4.79 Å². The largest absolute Gasteiger partial charge is 0.354 e. The molecule has 1 unspecified atom stereocenters. The third-order valence-electron chi connectivity index (χ3n) is 4.73. The standard InChI is InChI=1S/C18H22N8OS2/c1-3-28-18-24-23-17(29-18)20-16(27)13-5-4-9-25(11-13)14-6-7-15(22-21-14)26-10-8-19-12(26)2/h6-8,10,13H,3-5,9,11H2,1-2H3,(H,20,23,27). The number of anilines is 2. The van der Waals surface area contributed by atoms with Crippen molar-refractivity contribution in [2.45, 2.75) is 31.0 Å². The molecule has 1 aliphatic rings. The lowest BCUT2D eigenvalue weighted by atomic mass is 9.97. The van der Waals surface area contributed by atoms with Gasteiger partial charge in [-0.05, 0) is 37.7 Å². The fraction of sp³-hybridized carbons (Fsp3) is 0.444. The van der Waals surface area contributed by atoms with Crippen molar-refractivity contribution in [2.75, 3.05) is 29.1 Å². The predicted molar refractivity (Wildman–Crippen MR) is 114 cm³/mol. The number of aromatic nitrogens is 6. The van der Waals surface area contributed by atoms with E-state index in [9.17, 15) is 4.79 Å². The molecule has 1 amide bonds. The number of thioether (sulfide) groups is 1. The average Bonchev–Trinajstić information content (AvgIpc) is 3.37. The van der Waals surface area contributed by atoms with Gasteiger partial charge in [-0.25, -0.2) is 4.98 Å². The smallest absolute Gasteiger partial charge is 0.231 e. The normalized spacial score (nSPS) is 16.8. The number of carbonyl (C=O) groups is 1. The van der Waals surface area contributed by atoms with Gasteiger partial charge in [0.2, 0.25) is 11.0 Å². The van der Waals surface area contributed by atoms with E-state index in [1.165, 1.54) is 11.3 Å². The Morgan fingerprint density at radius 2 is 2.10 bits per heavy atom. The molecule has 0 spiro atoms. The Labute approximate surface area is 177 Å². The zero-order chi connectivity index (χ0) is 20.2. The van der Waals surface area contributed by atoms with Crippen LogP contribution in [0.15, 0.2) is 28.9 Å². The fourth-order valence-electron chi connectivity index (χ4n) is 3.28. The molecule has 0 aliphatic carbocycles. The van der Waals surface area contributed by atoms with Crippen molar-refractivity contribution >= 4 is 40.0 Å². The number of carbonyl (C=O) groups excluding carboxylic acids is 1. The van der Waals surface area contributed by atoms with Gasteiger partial charge in [0.15, 0.2) is 16.0 Å². The van der Waals surface area contributed by atoms with Gasteiger partial charge in [0.05, 0.1) is 5.92 Å². The second-order valence-corrected chi connectivity index (χ2v) is 9.16. The third kappa shape index (κ3) is 4.56. The highest BCUT2D eigenvalue weighted by molar-refractivity contribution is 8.01. The molecular formula is C18H22N8OS2. The van der Waals surface area contributed by atoms with Crippen LogP contribution in [0.3, 0.4) is 0 Å². The molecule has 3 aromatic rings. The summed E-state index contributed by atoms with van der Waals surface area (Å²) in [6.45, 7) is 5.45. The van der Waals surface area contributed by atoms with Crippen LogP contribution in [0, 0.1) is 12.8 Å². The van der Waals surface area contributed by atoms with Gasteiger partial charge in [-0.15, -0.1) is 20.4 Å². The molecule has 1 fully saturated rings. The molecule has 0 saturated carbocycles. The van der Waals surface area contributed by atoms with Crippen molar-refractivity contribution in [3.8, 4) is 5.82 Å². The summed E-state index contributed by atoms with van der Waals surface area (Å²) in [5, 5.41) is 20.3. The summed E-state index contributed by atoms with van der Waals surface area (Å²) in [5.74, 6) is 3.16. The molecule has 152 valence electrons. The fourth-order valence-corrected chi connectivity index (χ4v) is 4.94. The Kier molecular flexibility index (Phi) is 6.05. The van der Waals surface area contributed by atoms with Crippen molar-refractivity contribution < 1.29 is 4.79 Å². The summed E-state index contributed by atoms with van der Waals surface area (Å²) in [6.07, 6.45) is 5.37. The zero-order valence-corrected chi connectivity index (χ0v) is 17.9. The second kappa shape index (κ2) is 8.87. The number of hydrogen-bond donors (Lipinski definition) is 1. The maximum absolute atomic E-state index is 12.7. The quantitative estimate of drug-likeness (QED) is 0.470. The van der Waals surface area contributed by atoms with Crippen LogP contribution in [0.2, 0.25) is 0 Å². The minimum Gasteiger partial charge on any atom is -0.354 e. The first-order valence-corrected chi connectivity index (χ1v) is 11.3. The molecule has 0 aromatic carbocycles. The van der Waals surface area contributed by atoms with E-state index in [0.29, 0.717) is 11.7 Å². The monoisotopic (exact) mass is 430 g/mol. The molecular weight excluding hydrogens is 408 g/mol. The second-order valence-electron chi connectivity index (χ2n) is 6.67. The lowest BCUT2D eigenvalue weighted by molar-refractivity contribution is -0.120. The number of amides is 1. The van der Waals surface area contributed by atoms with Crippen molar-refractivity contribution in [2.24, 2.45) is 5.92 Å². The highest BCUT2D eigenvalue weighted by atomic mass is 32.2. The molecule has 0 radical (unpaired) electrons. The number of aryl methyl sites for hydroxylation is 1. The highest BCUT2D eigenvalue weighted by Gasteiger charge is 2.27. The van der Waals surface area contributed by atoms with Gasteiger partial charge in [-0.3, -0.25) is 9.36 Å². The summed E-state index contributed by atoms with van der Waals surface area (Å²) in [5.41, 5.74) is 0. The molecule has 29 heavy (non-hydrogen) atoms.